The van der Waals surface area contributed by atoms with Gasteiger partial charge in [0.15, 0.2) is 17.3 Å². The molecule has 6 bridgehead atoms. The van der Waals surface area contributed by atoms with Crippen molar-refractivity contribution in [3.8, 4) is 0 Å². The Bertz CT molecular complexity index is 1230. The number of Topliss-reactive ketones (excluding diaryl/α,β-unsaturated/α-hetero) is 3. The average Bonchev–Trinajstić information content (AvgIpc) is 4.02. The summed E-state index contributed by atoms with van der Waals surface area (Å²) in [6, 6.07) is 0. The topological polar surface area (TPSA) is 205 Å². The van der Waals surface area contributed by atoms with Gasteiger partial charge in [-0.25, -0.2) is 0 Å². The monoisotopic (exact) mass is 666 g/mol. The third kappa shape index (κ3) is 5.28. The number of ether oxygens (including phenoxy) is 9. The number of aliphatic hydroxyl groups is 3. The van der Waals surface area contributed by atoms with Gasteiger partial charge in [-0.3, -0.25) is 14.4 Å². The van der Waals surface area contributed by atoms with Gasteiger partial charge >= 0.3 is 0 Å². The van der Waals surface area contributed by atoms with Crippen LogP contribution in [0.3, 0.4) is 0 Å². The average molecular weight is 667 g/mol. The van der Waals surface area contributed by atoms with Gasteiger partial charge in [-0.2, -0.15) is 0 Å². The van der Waals surface area contributed by atoms with Crippen molar-refractivity contribution >= 4 is 17.3 Å². The normalized spacial score (nSPS) is 48.4. The fourth-order valence-corrected chi connectivity index (χ4v) is 9.21. The van der Waals surface area contributed by atoms with Crippen LogP contribution < -0.4 is 0 Å². The van der Waals surface area contributed by atoms with Gasteiger partial charge < -0.3 is 58.0 Å². The first-order valence-corrected chi connectivity index (χ1v) is 17.0. The van der Waals surface area contributed by atoms with E-state index in [-0.39, 0.29) is 111 Å². The molecule has 0 aromatic heterocycles. The summed E-state index contributed by atoms with van der Waals surface area (Å²) in [6.45, 7) is 0.100. The van der Waals surface area contributed by atoms with Crippen LogP contribution in [0.15, 0.2) is 0 Å². The second-order valence-electron chi connectivity index (χ2n) is 14.9. The fourth-order valence-electron chi connectivity index (χ4n) is 9.21. The lowest BCUT2D eigenvalue weighted by molar-refractivity contribution is -0.166. The molecule has 18 unspecified atom stereocenters. The van der Waals surface area contributed by atoms with Crippen molar-refractivity contribution in [3.63, 3.8) is 0 Å². The number of rotatable bonds is 18. The Morgan fingerprint density at radius 2 is 0.936 bits per heavy atom. The molecule has 9 saturated heterocycles. The third-order valence-corrected chi connectivity index (χ3v) is 12.1. The lowest BCUT2D eigenvalue weighted by Crippen LogP contribution is -2.48. The molecule has 0 spiro atoms. The predicted octanol–water partition coefficient (Wildman–Crippen LogP) is -2.36. The first kappa shape index (κ1) is 31.5. The molecule has 0 aromatic carbocycles. The van der Waals surface area contributed by atoms with Crippen molar-refractivity contribution < 1.29 is 72.3 Å². The lowest BCUT2D eigenvalue weighted by atomic mass is 9.84. The molecule has 9 aliphatic rings. The molecule has 15 heteroatoms. The van der Waals surface area contributed by atoms with Crippen molar-refractivity contribution in [2.45, 2.75) is 130 Å². The number of carbonyl (C=O) groups excluding carboxylic acids is 3. The molecular weight excluding hydrogens is 624 g/mol. The van der Waals surface area contributed by atoms with Crippen LogP contribution >= 0.6 is 0 Å². The summed E-state index contributed by atoms with van der Waals surface area (Å²) in [5, 5.41) is 32.5. The van der Waals surface area contributed by atoms with Crippen LogP contribution in [0.5, 0.6) is 0 Å². The van der Waals surface area contributed by atoms with Crippen molar-refractivity contribution in [1.29, 1.82) is 0 Å². The Labute approximate surface area is 270 Å². The molecule has 0 saturated carbocycles. The summed E-state index contributed by atoms with van der Waals surface area (Å²) in [5.41, 5.74) is -1.28. The van der Waals surface area contributed by atoms with Gasteiger partial charge in [-0.15, -0.1) is 0 Å². The zero-order valence-corrected chi connectivity index (χ0v) is 26.0. The molecule has 0 radical (unpaired) electrons. The summed E-state index contributed by atoms with van der Waals surface area (Å²) in [4.78, 5) is 39.0. The van der Waals surface area contributed by atoms with Gasteiger partial charge in [0.1, 0.15) is 80.4 Å². The van der Waals surface area contributed by atoms with E-state index < -0.39 is 61.1 Å². The second-order valence-corrected chi connectivity index (χ2v) is 14.9. The van der Waals surface area contributed by atoms with Gasteiger partial charge in [0.05, 0.1) is 49.8 Å². The van der Waals surface area contributed by atoms with Crippen LogP contribution in [0, 0.1) is 17.8 Å². The summed E-state index contributed by atoms with van der Waals surface area (Å²) < 4.78 is 51.8. The maximum atomic E-state index is 13.1. The summed E-state index contributed by atoms with van der Waals surface area (Å²) in [7, 11) is 0. The molecule has 3 N–H and O–H groups in total. The highest BCUT2D eigenvalue weighted by molar-refractivity contribution is 5.85. The van der Waals surface area contributed by atoms with Gasteiger partial charge in [0.25, 0.3) is 0 Å². The van der Waals surface area contributed by atoms with Crippen molar-refractivity contribution in [2.24, 2.45) is 17.8 Å². The van der Waals surface area contributed by atoms with E-state index in [1.165, 1.54) is 0 Å². The van der Waals surface area contributed by atoms with Crippen LogP contribution in [0.2, 0.25) is 0 Å². The van der Waals surface area contributed by atoms with Crippen LogP contribution in [-0.2, 0) is 57.0 Å². The SMILES string of the molecule is CCC(COCC(=O)C(O)C1CC2OC1C1OC21)(COCC(=O)C(O)C1CC2OC1C1OC21)OCC(=O)C(O)C1CC2OC1C1OC21. The lowest BCUT2D eigenvalue weighted by Gasteiger charge is -2.33. The summed E-state index contributed by atoms with van der Waals surface area (Å²) >= 11 is 0. The number of fused-ring (bicyclic) bond motifs is 15. The number of hydrogen-bond donors (Lipinski definition) is 3. The summed E-state index contributed by atoms with van der Waals surface area (Å²) in [6.07, 6.45) is -3.19. The molecule has 18 atom stereocenters. The predicted molar refractivity (Wildman–Crippen MR) is 150 cm³/mol. The molecule has 47 heavy (non-hydrogen) atoms. The van der Waals surface area contributed by atoms with E-state index in [9.17, 15) is 29.7 Å². The first-order valence-electron chi connectivity index (χ1n) is 17.0. The molecule has 9 fully saturated rings. The van der Waals surface area contributed by atoms with E-state index in [1.54, 1.807) is 6.92 Å². The molecule has 9 aliphatic heterocycles. The minimum Gasteiger partial charge on any atom is -0.385 e. The van der Waals surface area contributed by atoms with Gasteiger partial charge in [-0.1, -0.05) is 6.92 Å². The number of ketones is 3. The molecule has 0 aromatic rings. The number of aliphatic hydroxyl groups excluding tert-OH is 3. The van der Waals surface area contributed by atoms with E-state index >= 15 is 0 Å². The van der Waals surface area contributed by atoms with Gasteiger partial charge in [-0.05, 0) is 25.7 Å². The minimum absolute atomic E-state index is 0.0601. The zero-order valence-electron chi connectivity index (χ0n) is 26.0. The Morgan fingerprint density at radius 1 is 0.574 bits per heavy atom. The van der Waals surface area contributed by atoms with Crippen LogP contribution in [0.4, 0.5) is 0 Å². The van der Waals surface area contributed by atoms with Crippen LogP contribution in [-0.4, -0.2) is 163 Å². The highest BCUT2D eigenvalue weighted by atomic mass is 16.7. The Hall–Kier alpha value is -1.47. The first-order chi connectivity index (χ1) is 22.7. The van der Waals surface area contributed by atoms with E-state index in [1.807, 2.05) is 0 Å². The summed E-state index contributed by atoms with van der Waals surface area (Å²) in [5.74, 6) is -2.67. The Balaban J connectivity index is 0.805. The van der Waals surface area contributed by atoms with Crippen molar-refractivity contribution in [1.82, 2.24) is 0 Å². The fraction of sp³-hybridized carbons (Fsp3) is 0.906. The maximum Gasteiger partial charge on any atom is 0.187 e. The van der Waals surface area contributed by atoms with E-state index in [0.717, 1.165) is 0 Å². The van der Waals surface area contributed by atoms with Gasteiger partial charge in [0, 0.05) is 17.8 Å². The van der Waals surface area contributed by atoms with Crippen molar-refractivity contribution in [2.75, 3.05) is 33.0 Å². The van der Waals surface area contributed by atoms with E-state index in [2.05, 4.69) is 0 Å². The number of carbonyl (C=O) groups is 3. The molecule has 9 heterocycles. The quantitative estimate of drug-likeness (QED) is 0.131. The molecule has 0 aliphatic carbocycles. The number of hydrogen-bond acceptors (Lipinski definition) is 15. The van der Waals surface area contributed by atoms with Crippen LogP contribution in [0.1, 0.15) is 32.6 Å². The third-order valence-electron chi connectivity index (χ3n) is 12.1. The smallest absolute Gasteiger partial charge is 0.187 e. The Morgan fingerprint density at radius 3 is 1.26 bits per heavy atom. The standard InChI is InChI=1S/C32H42O15/c1-2-32(41-8-16(35)22(38)13-5-19-28-31(47-28)25(13)44-19,9-39-6-14(33)20(36)11-3-17-26-29(45-26)23(11)42-17)10-40-7-15(34)21(37)12-4-18-27-30(46-27)24(12)43-18/h11-13,17-31,36-38H,2-10H2,1H3. The molecule has 9 rings (SSSR count). The van der Waals surface area contributed by atoms with Crippen molar-refractivity contribution in [3.05, 3.63) is 0 Å². The highest BCUT2D eigenvalue weighted by Crippen LogP contribution is 2.53. The largest absolute Gasteiger partial charge is 0.385 e. The van der Waals surface area contributed by atoms with Crippen LogP contribution in [0.25, 0.3) is 0 Å². The maximum absolute atomic E-state index is 13.1. The minimum atomic E-state index is -1.31. The second kappa shape index (κ2) is 11.5. The van der Waals surface area contributed by atoms with E-state index in [4.69, 9.17) is 42.6 Å². The molecule has 15 nitrogen and oxygen atoms in total. The number of epoxide rings is 3. The zero-order chi connectivity index (χ0) is 32.4. The molecule has 0 amide bonds. The van der Waals surface area contributed by atoms with E-state index in [0.29, 0.717) is 19.3 Å². The molecule has 260 valence electrons. The Kier molecular flexibility index (Phi) is 7.73. The highest BCUT2D eigenvalue weighted by Gasteiger charge is 2.68. The molecular formula is C32H42O15. The van der Waals surface area contributed by atoms with Gasteiger partial charge in [0.2, 0.25) is 0 Å².